The Bertz CT molecular complexity index is 486. The number of aromatic nitrogens is 3. The van der Waals surface area contributed by atoms with Crippen LogP contribution in [0.4, 0.5) is 11.9 Å². The van der Waals surface area contributed by atoms with Crippen LogP contribution < -0.4 is 0 Å². The Morgan fingerprint density at radius 1 is 1.22 bits per heavy atom. The maximum Gasteiger partial charge on any atom is 0.508 e. The van der Waals surface area contributed by atoms with Gasteiger partial charge < -0.3 is 25.3 Å². The van der Waals surface area contributed by atoms with E-state index in [4.69, 9.17) is 0 Å². The Morgan fingerprint density at radius 2 is 1.89 bits per heavy atom. The second kappa shape index (κ2) is 4.64. The molecule has 10 heteroatoms. The van der Waals surface area contributed by atoms with Crippen LogP contribution in [0.25, 0.3) is 0 Å². The van der Waals surface area contributed by atoms with Crippen LogP contribution in [-0.4, -0.2) is 35.8 Å². The number of nitro groups is 2. The van der Waals surface area contributed by atoms with Gasteiger partial charge >= 0.3 is 11.9 Å². The summed E-state index contributed by atoms with van der Waals surface area (Å²) in [7, 11) is 0. The monoisotopic (exact) mass is 257 g/mol. The SMILES string of the molecule is O=[N+]([O-])c1nc([N+](=O)[O-])n([C@@H]2CCCC[C@@H]2O)n1. The molecule has 1 heterocycles. The van der Waals surface area contributed by atoms with Crippen molar-refractivity contribution in [2.24, 2.45) is 0 Å². The maximum absolute atomic E-state index is 10.8. The van der Waals surface area contributed by atoms with Gasteiger partial charge in [-0.2, -0.15) is 0 Å². The van der Waals surface area contributed by atoms with Crippen molar-refractivity contribution >= 4 is 11.9 Å². The molecule has 10 nitrogen and oxygen atoms in total. The van der Waals surface area contributed by atoms with E-state index in [1.54, 1.807) is 0 Å². The average molecular weight is 257 g/mol. The largest absolute Gasteiger partial charge is 0.508 e. The third-order valence-electron chi connectivity index (χ3n) is 2.94. The highest BCUT2D eigenvalue weighted by Crippen LogP contribution is 2.31. The maximum atomic E-state index is 10.8. The van der Waals surface area contributed by atoms with Gasteiger partial charge in [-0.15, -0.1) is 0 Å². The summed E-state index contributed by atoms with van der Waals surface area (Å²) < 4.78 is 0.863. The molecule has 1 fully saturated rings. The van der Waals surface area contributed by atoms with Crippen LogP contribution in [0.3, 0.4) is 0 Å². The van der Waals surface area contributed by atoms with Crippen LogP contribution in [0.1, 0.15) is 31.7 Å². The zero-order valence-corrected chi connectivity index (χ0v) is 9.30. The standard InChI is InChI=1S/C8H11N5O5/c14-6-4-2-1-3-5(6)11-8(13(17)18)9-7(10-11)12(15)16/h5-6,14H,1-4H2/t5-,6+/m1/s1. The van der Waals surface area contributed by atoms with Crippen molar-refractivity contribution in [3.63, 3.8) is 0 Å². The lowest BCUT2D eigenvalue weighted by molar-refractivity contribution is -0.404. The minimum Gasteiger partial charge on any atom is -0.390 e. The highest BCUT2D eigenvalue weighted by molar-refractivity contribution is 5.15. The topological polar surface area (TPSA) is 137 Å². The highest BCUT2D eigenvalue weighted by atomic mass is 16.6. The van der Waals surface area contributed by atoms with E-state index in [9.17, 15) is 25.3 Å². The molecule has 0 radical (unpaired) electrons. The Balaban J connectivity index is 2.41. The van der Waals surface area contributed by atoms with E-state index >= 15 is 0 Å². The van der Waals surface area contributed by atoms with Gasteiger partial charge in [0.25, 0.3) is 0 Å². The van der Waals surface area contributed by atoms with Crippen molar-refractivity contribution in [2.45, 2.75) is 37.8 Å². The summed E-state index contributed by atoms with van der Waals surface area (Å²) in [5, 5.41) is 34.6. The van der Waals surface area contributed by atoms with E-state index in [0.717, 1.165) is 17.5 Å². The van der Waals surface area contributed by atoms with Gasteiger partial charge in [-0.3, -0.25) is 0 Å². The lowest BCUT2D eigenvalue weighted by Gasteiger charge is -2.23. The third kappa shape index (κ3) is 2.14. The Hall–Kier alpha value is -2.10. The molecule has 0 unspecified atom stereocenters. The van der Waals surface area contributed by atoms with Crippen LogP contribution in [0, 0.1) is 20.2 Å². The van der Waals surface area contributed by atoms with E-state index in [0.29, 0.717) is 12.8 Å². The molecule has 0 bridgehead atoms. The average Bonchev–Trinajstić information content (AvgIpc) is 2.74. The zero-order chi connectivity index (χ0) is 13.3. The van der Waals surface area contributed by atoms with Gasteiger partial charge in [-0.25, -0.2) is 0 Å². The highest BCUT2D eigenvalue weighted by Gasteiger charge is 2.38. The van der Waals surface area contributed by atoms with E-state index in [1.165, 1.54) is 0 Å². The molecule has 0 amide bonds. The third-order valence-corrected chi connectivity index (χ3v) is 2.94. The normalized spacial score (nSPS) is 23.8. The van der Waals surface area contributed by atoms with Crippen LogP contribution in [0.2, 0.25) is 0 Å². The zero-order valence-electron chi connectivity index (χ0n) is 9.30. The van der Waals surface area contributed by atoms with Gasteiger partial charge in [0.05, 0.1) is 11.2 Å². The molecule has 2 rings (SSSR count). The van der Waals surface area contributed by atoms with Crippen molar-refractivity contribution in [3.05, 3.63) is 20.2 Å². The number of hydrogen-bond acceptors (Lipinski definition) is 7. The number of hydrogen-bond donors (Lipinski definition) is 1. The number of nitrogens with zero attached hydrogens (tertiary/aromatic N) is 5. The molecule has 0 saturated heterocycles. The van der Waals surface area contributed by atoms with E-state index in [-0.39, 0.29) is 0 Å². The molecule has 1 aliphatic carbocycles. The van der Waals surface area contributed by atoms with Gasteiger partial charge in [0.2, 0.25) is 0 Å². The molecule has 1 saturated carbocycles. The Morgan fingerprint density at radius 3 is 2.44 bits per heavy atom. The summed E-state index contributed by atoms with van der Waals surface area (Å²) in [6.45, 7) is 0. The molecule has 0 aliphatic heterocycles. The fourth-order valence-electron chi connectivity index (χ4n) is 2.11. The van der Waals surface area contributed by atoms with Gasteiger partial charge in [0, 0.05) is 4.98 Å². The Kier molecular flexibility index (Phi) is 3.19. The van der Waals surface area contributed by atoms with Crippen molar-refractivity contribution in [1.29, 1.82) is 0 Å². The van der Waals surface area contributed by atoms with Gasteiger partial charge in [0.1, 0.15) is 6.04 Å². The molecular formula is C8H11N5O5. The summed E-state index contributed by atoms with van der Waals surface area (Å²) in [6, 6.07) is -0.625. The molecule has 1 aliphatic rings. The second-order valence-electron chi connectivity index (χ2n) is 4.09. The summed E-state index contributed by atoms with van der Waals surface area (Å²) >= 11 is 0. The number of aliphatic hydroxyl groups is 1. The number of aliphatic hydroxyl groups excluding tert-OH is 1. The Labute approximate surface area is 101 Å². The number of rotatable bonds is 3. The van der Waals surface area contributed by atoms with Crippen LogP contribution in [-0.2, 0) is 0 Å². The second-order valence-corrected chi connectivity index (χ2v) is 4.09. The molecule has 18 heavy (non-hydrogen) atoms. The van der Waals surface area contributed by atoms with Crippen LogP contribution in [0.5, 0.6) is 0 Å². The smallest absolute Gasteiger partial charge is 0.390 e. The van der Waals surface area contributed by atoms with Crippen molar-refractivity contribution in [1.82, 2.24) is 14.8 Å². The molecule has 0 spiro atoms. The molecule has 1 aromatic heterocycles. The summed E-state index contributed by atoms with van der Waals surface area (Å²) in [6.07, 6.45) is 1.80. The minimum absolute atomic E-state index is 0.489. The van der Waals surface area contributed by atoms with Crippen molar-refractivity contribution < 1.29 is 15.0 Å². The molecule has 1 N–H and O–H groups in total. The lowest BCUT2D eigenvalue weighted by Crippen LogP contribution is -2.29. The van der Waals surface area contributed by atoms with Crippen molar-refractivity contribution in [2.75, 3.05) is 0 Å². The fraction of sp³-hybridized carbons (Fsp3) is 0.750. The van der Waals surface area contributed by atoms with E-state index < -0.39 is 33.9 Å². The summed E-state index contributed by atoms with van der Waals surface area (Å²) in [5.74, 6) is -1.52. The fourth-order valence-corrected chi connectivity index (χ4v) is 2.11. The van der Waals surface area contributed by atoms with Gasteiger partial charge in [-0.1, -0.05) is 11.1 Å². The van der Waals surface area contributed by atoms with Crippen LogP contribution in [0.15, 0.2) is 0 Å². The first kappa shape index (κ1) is 12.4. The predicted octanol–water partition coefficient (Wildman–Crippen LogP) is 0.570. The van der Waals surface area contributed by atoms with E-state index in [2.05, 4.69) is 10.1 Å². The molecule has 1 aromatic rings. The first-order valence-electron chi connectivity index (χ1n) is 5.44. The minimum atomic E-state index is -0.890. The quantitative estimate of drug-likeness (QED) is 0.616. The first-order valence-corrected chi connectivity index (χ1v) is 5.44. The van der Waals surface area contributed by atoms with Gasteiger partial charge in [-0.05, 0) is 29.1 Å². The van der Waals surface area contributed by atoms with Crippen LogP contribution >= 0.6 is 0 Å². The predicted molar refractivity (Wildman–Crippen MR) is 56.8 cm³/mol. The molecule has 2 atom stereocenters. The van der Waals surface area contributed by atoms with E-state index in [1.807, 2.05) is 0 Å². The van der Waals surface area contributed by atoms with Gasteiger partial charge in [0.15, 0.2) is 0 Å². The molecule has 98 valence electrons. The molecule has 0 aromatic carbocycles. The lowest BCUT2D eigenvalue weighted by atomic mass is 9.93. The summed E-state index contributed by atoms with van der Waals surface area (Å²) in [5.41, 5.74) is 0. The summed E-state index contributed by atoms with van der Waals surface area (Å²) in [4.78, 5) is 22.9. The molecular weight excluding hydrogens is 246 g/mol. The first-order chi connectivity index (χ1) is 8.50. The van der Waals surface area contributed by atoms with Crippen molar-refractivity contribution in [3.8, 4) is 0 Å².